The van der Waals surface area contributed by atoms with Crippen LogP contribution in [0.4, 0.5) is 5.82 Å². The number of hydrogen-bond donors (Lipinski definition) is 1. The van der Waals surface area contributed by atoms with E-state index >= 15 is 0 Å². The minimum absolute atomic E-state index is 0.307. The maximum absolute atomic E-state index is 9.85. The Kier molecular flexibility index (Phi) is 5.77. The number of aromatic hydroxyl groups is 1. The predicted octanol–water partition coefficient (Wildman–Crippen LogP) is 4.43. The molecule has 0 spiro atoms. The smallest absolute Gasteiger partial charge is 0.129 e. The van der Waals surface area contributed by atoms with E-state index in [0.717, 1.165) is 41.3 Å². The number of aromatic nitrogens is 1. The van der Waals surface area contributed by atoms with E-state index in [9.17, 15) is 5.11 Å². The Morgan fingerprint density at radius 2 is 1.56 bits per heavy atom. The van der Waals surface area contributed by atoms with Crippen LogP contribution >= 0.6 is 0 Å². The van der Waals surface area contributed by atoms with Crippen LogP contribution in [0.15, 0.2) is 60.7 Å². The minimum Gasteiger partial charge on any atom is -0.508 e. The van der Waals surface area contributed by atoms with Gasteiger partial charge in [0.05, 0.1) is 5.69 Å². The Balaban J connectivity index is 2.06. The first-order valence-corrected chi connectivity index (χ1v) is 9.17. The van der Waals surface area contributed by atoms with Crippen LogP contribution in [0.3, 0.4) is 0 Å². The molecule has 0 fully saturated rings. The normalized spacial score (nSPS) is 11.0. The summed E-state index contributed by atoms with van der Waals surface area (Å²) in [4.78, 5) is 9.26. The molecule has 27 heavy (non-hydrogen) atoms. The number of rotatable bonds is 6. The molecule has 1 heterocycles. The second-order valence-electron chi connectivity index (χ2n) is 7.19. The molecule has 0 unspecified atom stereocenters. The fraction of sp³-hybridized carbons (Fsp3) is 0.261. The monoisotopic (exact) mass is 361 g/mol. The molecule has 0 aliphatic rings. The third-order valence-corrected chi connectivity index (χ3v) is 4.69. The van der Waals surface area contributed by atoms with Crippen LogP contribution in [0.2, 0.25) is 0 Å². The molecule has 3 rings (SSSR count). The van der Waals surface area contributed by atoms with Crippen molar-refractivity contribution in [3.63, 3.8) is 0 Å². The van der Waals surface area contributed by atoms with Crippen LogP contribution in [-0.4, -0.2) is 49.2 Å². The summed E-state index contributed by atoms with van der Waals surface area (Å²) >= 11 is 0. The van der Waals surface area contributed by atoms with Crippen LogP contribution in [0.1, 0.15) is 5.56 Å². The van der Waals surface area contributed by atoms with E-state index in [4.69, 9.17) is 4.98 Å². The van der Waals surface area contributed by atoms with E-state index in [1.54, 1.807) is 6.07 Å². The zero-order chi connectivity index (χ0) is 19.4. The number of benzene rings is 2. The quantitative estimate of drug-likeness (QED) is 0.705. The number of aryl methyl sites for hydroxylation is 1. The Morgan fingerprint density at radius 1 is 0.815 bits per heavy atom. The molecular formula is C23H27N3O. The first kappa shape index (κ1) is 18.9. The number of anilines is 1. The molecule has 0 bridgehead atoms. The lowest BCUT2D eigenvalue weighted by atomic mass is 10.0. The van der Waals surface area contributed by atoms with E-state index in [-0.39, 0.29) is 0 Å². The summed E-state index contributed by atoms with van der Waals surface area (Å²) in [5.74, 6) is 1.25. The molecular weight excluding hydrogens is 334 g/mol. The lowest BCUT2D eigenvalue weighted by Gasteiger charge is -2.22. The lowest BCUT2D eigenvalue weighted by molar-refractivity contribution is 0.416. The van der Waals surface area contributed by atoms with E-state index in [2.05, 4.69) is 67.3 Å². The molecule has 0 atom stereocenters. The van der Waals surface area contributed by atoms with Gasteiger partial charge in [0.1, 0.15) is 11.6 Å². The highest BCUT2D eigenvalue weighted by Gasteiger charge is 2.11. The van der Waals surface area contributed by atoms with E-state index in [0.29, 0.717) is 5.75 Å². The van der Waals surface area contributed by atoms with Crippen LogP contribution < -0.4 is 4.90 Å². The zero-order valence-electron chi connectivity index (χ0n) is 16.5. The van der Waals surface area contributed by atoms with Gasteiger partial charge in [0.15, 0.2) is 0 Å². The van der Waals surface area contributed by atoms with Crippen LogP contribution in [0.5, 0.6) is 5.75 Å². The average molecular weight is 361 g/mol. The van der Waals surface area contributed by atoms with Crippen molar-refractivity contribution in [3.8, 4) is 28.1 Å². The van der Waals surface area contributed by atoms with Crippen LogP contribution in [0, 0.1) is 6.92 Å². The van der Waals surface area contributed by atoms with Gasteiger partial charge >= 0.3 is 0 Å². The van der Waals surface area contributed by atoms with Gasteiger partial charge in [0, 0.05) is 25.7 Å². The minimum atomic E-state index is 0.307. The van der Waals surface area contributed by atoms with Gasteiger partial charge in [-0.3, -0.25) is 0 Å². The first-order valence-electron chi connectivity index (χ1n) is 9.17. The fourth-order valence-corrected chi connectivity index (χ4v) is 2.94. The number of nitrogens with zero attached hydrogens (tertiary/aromatic N) is 3. The number of hydrogen-bond acceptors (Lipinski definition) is 4. The molecule has 0 aliphatic carbocycles. The van der Waals surface area contributed by atoms with Crippen LogP contribution in [0.25, 0.3) is 22.4 Å². The zero-order valence-corrected chi connectivity index (χ0v) is 16.5. The predicted molar refractivity (Wildman–Crippen MR) is 113 cm³/mol. The Morgan fingerprint density at radius 3 is 2.22 bits per heavy atom. The summed E-state index contributed by atoms with van der Waals surface area (Å²) in [6.45, 7) is 3.76. The summed E-state index contributed by atoms with van der Waals surface area (Å²) in [5, 5.41) is 9.85. The molecule has 2 aromatic carbocycles. The molecule has 0 amide bonds. The van der Waals surface area contributed by atoms with Gasteiger partial charge in [-0.1, -0.05) is 30.3 Å². The van der Waals surface area contributed by atoms with Crippen molar-refractivity contribution in [2.45, 2.75) is 6.92 Å². The van der Waals surface area contributed by atoms with Gasteiger partial charge in [0.25, 0.3) is 0 Å². The van der Waals surface area contributed by atoms with Crippen molar-refractivity contribution in [2.24, 2.45) is 0 Å². The molecule has 4 heteroatoms. The van der Waals surface area contributed by atoms with Gasteiger partial charge in [-0.2, -0.15) is 0 Å². The first-order chi connectivity index (χ1) is 12.9. The molecule has 1 N–H and O–H groups in total. The molecule has 4 nitrogen and oxygen atoms in total. The van der Waals surface area contributed by atoms with Crippen LogP contribution in [-0.2, 0) is 0 Å². The highest BCUT2D eigenvalue weighted by atomic mass is 16.3. The maximum Gasteiger partial charge on any atom is 0.129 e. The maximum atomic E-state index is 9.85. The van der Waals surface area contributed by atoms with Gasteiger partial charge < -0.3 is 14.9 Å². The summed E-state index contributed by atoms with van der Waals surface area (Å²) in [7, 11) is 6.23. The summed E-state index contributed by atoms with van der Waals surface area (Å²) in [5.41, 5.74) is 5.07. The van der Waals surface area contributed by atoms with Gasteiger partial charge in [-0.25, -0.2) is 4.98 Å². The van der Waals surface area contributed by atoms with E-state index in [1.165, 1.54) is 5.56 Å². The van der Waals surface area contributed by atoms with Gasteiger partial charge in [0.2, 0.25) is 0 Å². The second kappa shape index (κ2) is 8.23. The van der Waals surface area contributed by atoms with Gasteiger partial charge in [-0.15, -0.1) is 0 Å². The molecule has 0 saturated heterocycles. The lowest BCUT2D eigenvalue weighted by Crippen LogP contribution is -2.29. The van der Waals surface area contributed by atoms with Crippen molar-refractivity contribution >= 4 is 5.82 Å². The second-order valence-corrected chi connectivity index (χ2v) is 7.19. The van der Waals surface area contributed by atoms with Crippen molar-refractivity contribution in [2.75, 3.05) is 39.1 Å². The van der Waals surface area contributed by atoms with Gasteiger partial charge in [-0.05, 0) is 68.0 Å². The van der Waals surface area contributed by atoms with Crippen molar-refractivity contribution in [1.29, 1.82) is 0 Å². The number of pyridine rings is 1. The third-order valence-electron chi connectivity index (χ3n) is 4.69. The molecule has 140 valence electrons. The highest BCUT2D eigenvalue weighted by molar-refractivity contribution is 5.74. The van der Waals surface area contributed by atoms with Crippen molar-refractivity contribution in [3.05, 3.63) is 66.2 Å². The number of phenolic OH excluding ortho intramolecular Hbond substituents is 1. The third kappa shape index (κ3) is 4.66. The van der Waals surface area contributed by atoms with E-state index < -0.39 is 0 Å². The standard InChI is InChI=1S/C23H27N3O/c1-17-14-19(10-11-22(17)27)21-15-20(18-8-6-5-7-9-18)16-23(24-21)26(4)13-12-25(2)3/h5-11,14-16,27H,12-13H2,1-4H3. The van der Waals surface area contributed by atoms with Crippen molar-refractivity contribution < 1.29 is 5.11 Å². The molecule has 0 aliphatic heterocycles. The Labute approximate surface area is 161 Å². The Hall–Kier alpha value is -2.85. The number of phenols is 1. The number of likely N-dealkylation sites (N-methyl/N-ethyl adjacent to an activating group) is 2. The molecule has 1 aromatic heterocycles. The highest BCUT2D eigenvalue weighted by Crippen LogP contribution is 2.30. The SMILES string of the molecule is Cc1cc(-c2cc(-c3ccccc3)cc(N(C)CCN(C)C)n2)ccc1O. The van der Waals surface area contributed by atoms with Crippen molar-refractivity contribution in [1.82, 2.24) is 9.88 Å². The summed E-state index contributed by atoms with van der Waals surface area (Å²) in [6, 6.07) is 20.3. The molecule has 0 saturated carbocycles. The Bertz CT molecular complexity index is 907. The summed E-state index contributed by atoms with van der Waals surface area (Å²) in [6.07, 6.45) is 0. The summed E-state index contributed by atoms with van der Waals surface area (Å²) < 4.78 is 0. The largest absolute Gasteiger partial charge is 0.508 e. The van der Waals surface area contributed by atoms with E-state index in [1.807, 2.05) is 25.1 Å². The fourth-order valence-electron chi connectivity index (χ4n) is 2.94. The molecule has 0 radical (unpaired) electrons. The average Bonchev–Trinajstić information content (AvgIpc) is 2.68. The molecule has 3 aromatic rings. The topological polar surface area (TPSA) is 39.6 Å².